The van der Waals surface area contributed by atoms with Gasteiger partial charge in [-0.15, -0.1) is 0 Å². The summed E-state index contributed by atoms with van der Waals surface area (Å²) < 4.78 is 10.9. The molecule has 0 aliphatic heterocycles. The van der Waals surface area contributed by atoms with Crippen LogP contribution in [0.4, 0.5) is 5.69 Å². The lowest BCUT2D eigenvalue weighted by molar-refractivity contribution is -0.128. The van der Waals surface area contributed by atoms with Crippen LogP contribution in [0.25, 0.3) is 0 Å². The predicted octanol–water partition coefficient (Wildman–Crippen LogP) is 5.18. The molecule has 7 heteroatoms. The van der Waals surface area contributed by atoms with Crippen LogP contribution in [0.2, 0.25) is 0 Å². The van der Waals surface area contributed by atoms with E-state index < -0.39 is 5.41 Å². The van der Waals surface area contributed by atoms with Crippen molar-refractivity contribution in [3.05, 3.63) is 59.2 Å². The third-order valence-electron chi connectivity index (χ3n) is 5.04. The molecule has 2 aromatic rings. The minimum absolute atomic E-state index is 0.162. The number of thiocarbonyl (C=S) groups is 1. The number of carbonyl (C=O) groups excluding carboxylic acids is 2. The number of ether oxygens (including phenoxy) is 2. The molecule has 6 nitrogen and oxygen atoms in total. The van der Waals surface area contributed by atoms with E-state index in [2.05, 4.69) is 16.7 Å². The molecule has 2 aromatic carbocycles. The lowest BCUT2D eigenvalue weighted by Gasteiger charge is -2.24. The molecule has 0 unspecified atom stereocenters. The number of amides is 1. The fourth-order valence-corrected chi connectivity index (χ4v) is 3.22. The molecular weight excluding hydrogens is 424 g/mol. The van der Waals surface area contributed by atoms with Crippen LogP contribution < -0.4 is 15.4 Å². The maximum absolute atomic E-state index is 12.7. The van der Waals surface area contributed by atoms with E-state index in [9.17, 15) is 9.59 Å². The second kappa shape index (κ2) is 11.6. The highest BCUT2D eigenvalue weighted by atomic mass is 32.1. The first kappa shape index (κ1) is 25.3. The molecule has 0 radical (unpaired) electrons. The molecule has 0 saturated carbocycles. The molecule has 0 aliphatic carbocycles. The van der Waals surface area contributed by atoms with Crippen molar-refractivity contribution in [3.63, 3.8) is 0 Å². The summed E-state index contributed by atoms with van der Waals surface area (Å²) in [6, 6.07) is 12.8. The fraction of sp³-hybridized carbons (Fsp3) is 0.400. The maximum Gasteiger partial charge on any atom is 0.338 e. The molecule has 0 atom stereocenters. The van der Waals surface area contributed by atoms with E-state index in [1.54, 1.807) is 31.2 Å². The molecule has 0 saturated heterocycles. The molecule has 0 spiro atoms. The monoisotopic (exact) mass is 456 g/mol. The van der Waals surface area contributed by atoms with Gasteiger partial charge < -0.3 is 20.1 Å². The van der Waals surface area contributed by atoms with E-state index >= 15 is 0 Å². The highest BCUT2D eigenvalue weighted by molar-refractivity contribution is 7.80. The van der Waals surface area contributed by atoms with Crippen LogP contribution in [-0.4, -0.2) is 30.2 Å². The van der Waals surface area contributed by atoms with E-state index in [1.165, 1.54) is 0 Å². The molecule has 0 fully saturated rings. The van der Waals surface area contributed by atoms with Gasteiger partial charge in [-0.3, -0.25) is 4.79 Å². The lowest BCUT2D eigenvalue weighted by Crippen LogP contribution is -2.42. The molecule has 0 heterocycles. The van der Waals surface area contributed by atoms with Crippen molar-refractivity contribution in [3.8, 4) is 5.75 Å². The van der Waals surface area contributed by atoms with Gasteiger partial charge in [0.15, 0.2) is 5.11 Å². The smallest absolute Gasteiger partial charge is 0.338 e. The van der Waals surface area contributed by atoms with Crippen LogP contribution in [0.15, 0.2) is 42.5 Å². The highest BCUT2D eigenvalue weighted by Crippen LogP contribution is 2.24. The zero-order valence-corrected chi connectivity index (χ0v) is 20.2. The summed E-state index contributed by atoms with van der Waals surface area (Å²) in [6.45, 7) is 10.4. The zero-order valence-electron chi connectivity index (χ0n) is 19.4. The molecule has 32 heavy (non-hydrogen) atoms. The van der Waals surface area contributed by atoms with Crippen LogP contribution >= 0.6 is 12.2 Å². The molecule has 172 valence electrons. The van der Waals surface area contributed by atoms with Gasteiger partial charge in [-0.05, 0) is 87.3 Å². The Hall–Kier alpha value is -2.93. The number of benzene rings is 2. The summed E-state index contributed by atoms with van der Waals surface area (Å²) in [4.78, 5) is 24.4. The Kier molecular flexibility index (Phi) is 9.20. The summed E-state index contributed by atoms with van der Waals surface area (Å²) in [5.74, 6) is 0.342. The molecule has 1 amide bonds. The van der Waals surface area contributed by atoms with Crippen molar-refractivity contribution in [2.24, 2.45) is 5.41 Å². The SMILES string of the molecule is CCOC(=O)c1ccc(NC(=S)NC(=O)C(C)(C)CCCOc2cc(C)ccc2C)cc1. The Labute approximate surface area is 195 Å². The summed E-state index contributed by atoms with van der Waals surface area (Å²) in [5, 5.41) is 5.92. The van der Waals surface area contributed by atoms with Gasteiger partial charge in [0, 0.05) is 11.1 Å². The summed E-state index contributed by atoms with van der Waals surface area (Å²) >= 11 is 5.27. The Morgan fingerprint density at radius 3 is 2.41 bits per heavy atom. The van der Waals surface area contributed by atoms with Crippen molar-refractivity contribution in [2.75, 3.05) is 18.5 Å². The Bertz CT molecular complexity index is 955. The number of nitrogens with one attached hydrogen (secondary N) is 2. The molecule has 2 N–H and O–H groups in total. The number of rotatable bonds is 9. The van der Waals surface area contributed by atoms with Gasteiger partial charge in [0.2, 0.25) is 5.91 Å². The van der Waals surface area contributed by atoms with Crippen molar-refractivity contribution in [1.29, 1.82) is 0 Å². The van der Waals surface area contributed by atoms with E-state index in [0.29, 0.717) is 30.9 Å². The third kappa shape index (κ3) is 7.64. The second-order valence-corrected chi connectivity index (χ2v) is 8.72. The molecule has 2 rings (SSSR count). The topological polar surface area (TPSA) is 76.7 Å². The van der Waals surface area contributed by atoms with Gasteiger partial charge in [-0.2, -0.15) is 0 Å². The Balaban J connectivity index is 1.80. The molecule has 0 bridgehead atoms. The normalized spacial score (nSPS) is 10.9. The van der Waals surface area contributed by atoms with E-state index in [0.717, 1.165) is 23.3 Å². The third-order valence-corrected chi connectivity index (χ3v) is 5.25. The van der Waals surface area contributed by atoms with E-state index in [1.807, 2.05) is 39.8 Å². The minimum Gasteiger partial charge on any atom is -0.493 e. The molecular formula is C25H32N2O4S. The molecule has 0 aromatic heterocycles. The van der Waals surface area contributed by atoms with Crippen LogP contribution in [0, 0.1) is 19.3 Å². The van der Waals surface area contributed by atoms with Gasteiger partial charge in [-0.25, -0.2) is 4.79 Å². The standard InChI is InChI=1S/C25H32N2O4S/c1-6-30-22(28)19-10-12-20(13-11-19)26-24(32)27-23(29)25(4,5)14-7-15-31-21-16-17(2)8-9-18(21)3/h8-13,16H,6-7,14-15H2,1-5H3,(H2,26,27,29,32). The second-order valence-electron chi connectivity index (χ2n) is 8.31. The number of carbonyl (C=O) groups is 2. The fourth-order valence-electron chi connectivity index (χ4n) is 3.01. The lowest BCUT2D eigenvalue weighted by atomic mass is 9.87. The average Bonchev–Trinajstić information content (AvgIpc) is 2.74. The number of hydrogen-bond donors (Lipinski definition) is 2. The van der Waals surface area contributed by atoms with Crippen LogP contribution in [0.5, 0.6) is 5.75 Å². The number of esters is 1. The predicted molar refractivity (Wildman–Crippen MR) is 131 cm³/mol. The van der Waals surface area contributed by atoms with Crippen molar-refractivity contribution < 1.29 is 19.1 Å². The van der Waals surface area contributed by atoms with E-state index in [-0.39, 0.29) is 17.0 Å². The van der Waals surface area contributed by atoms with Crippen molar-refractivity contribution in [1.82, 2.24) is 5.32 Å². The molecule has 0 aliphatic rings. The van der Waals surface area contributed by atoms with E-state index in [4.69, 9.17) is 21.7 Å². The van der Waals surface area contributed by atoms with Crippen molar-refractivity contribution >= 4 is 34.9 Å². The number of hydrogen-bond acceptors (Lipinski definition) is 5. The van der Waals surface area contributed by atoms with Crippen LogP contribution in [0.1, 0.15) is 55.1 Å². The number of anilines is 1. The summed E-state index contributed by atoms with van der Waals surface area (Å²) in [6.07, 6.45) is 1.39. The first-order valence-electron chi connectivity index (χ1n) is 10.7. The first-order valence-corrected chi connectivity index (χ1v) is 11.1. The van der Waals surface area contributed by atoms with Gasteiger partial charge >= 0.3 is 5.97 Å². The highest BCUT2D eigenvalue weighted by Gasteiger charge is 2.27. The summed E-state index contributed by atoms with van der Waals surface area (Å²) in [7, 11) is 0. The van der Waals surface area contributed by atoms with Crippen LogP contribution in [-0.2, 0) is 9.53 Å². The number of aryl methyl sites for hydroxylation is 2. The van der Waals surface area contributed by atoms with Gasteiger partial charge in [0.05, 0.1) is 18.8 Å². The van der Waals surface area contributed by atoms with Gasteiger partial charge in [-0.1, -0.05) is 26.0 Å². The largest absolute Gasteiger partial charge is 0.493 e. The average molecular weight is 457 g/mol. The van der Waals surface area contributed by atoms with Crippen LogP contribution in [0.3, 0.4) is 0 Å². The Morgan fingerprint density at radius 2 is 1.75 bits per heavy atom. The minimum atomic E-state index is -0.607. The maximum atomic E-state index is 12.7. The summed E-state index contributed by atoms with van der Waals surface area (Å²) in [5.41, 5.74) is 2.77. The van der Waals surface area contributed by atoms with Crippen molar-refractivity contribution in [2.45, 2.75) is 47.5 Å². The quantitative estimate of drug-likeness (QED) is 0.308. The first-order chi connectivity index (χ1) is 15.1. The van der Waals surface area contributed by atoms with Gasteiger partial charge in [0.25, 0.3) is 0 Å². The Morgan fingerprint density at radius 1 is 1.06 bits per heavy atom. The zero-order chi connectivity index (χ0) is 23.7. The van der Waals surface area contributed by atoms with Gasteiger partial charge in [0.1, 0.15) is 5.75 Å².